The Balaban J connectivity index is 1.72. The van der Waals surface area contributed by atoms with Gasteiger partial charge in [-0.05, 0) is 46.6 Å². The lowest BCUT2D eigenvalue weighted by Gasteiger charge is -2.14. The maximum absolute atomic E-state index is 12.2. The highest BCUT2D eigenvalue weighted by atomic mass is 79.9. The van der Waals surface area contributed by atoms with E-state index in [4.69, 9.17) is 9.47 Å². The number of halogens is 1. The smallest absolute Gasteiger partial charge is 0.271 e. The minimum absolute atomic E-state index is 0.134. The summed E-state index contributed by atoms with van der Waals surface area (Å²) in [6.07, 6.45) is 1.45. The first-order valence-electron chi connectivity index (χ1n) is 9.69. The zero-order valence-electron chi connectivity index (χ0n) is 17.2. The Labute approximate surface area is 193 Å². The number of rotatable bonds is 9. The molecule has 0 spiro atoms. The highest BCUT2D eigenvalue weighted by molar-refractivity contribution is 9.10. The monoisotopic (exact) mass is 497 g/mol. The fourth-order valence-corrected chi connectivity index (χ4v) is 3.18. The molecule has 9 heteroatoms. The second-order valence-corrected chi connectivity index (χ2v) is 7.39. The van der Waals surface area contributed by atoms with E-state index < -0.39 is 10.8 Å². The molecule has 0 aliphatic carbocycles. The molecule has 1 amide bonds. The zero-order valence-corrected chi connectivity index (χ0v) is 18.7. The van der Waals surface area contributed by atoms with Gasteiger partial charge in [0.2, 0.25) is 0 Å². The maximum Gasteiger partial charge on any atom is 0.271 e. The summed E-state index contributed by atoms with van der Waals surface area (Å²) >= 11 is 3.48. The predicted octanol–water partition coefficient (Wildman–Crippen LogP) is 5.10. The number of nitro benzene ring substituents is 1. The van der Waals surface area contributed by atoms with Crippen molar-refractivity contribution in [3.8, 4) is 11.5 Å². The van der Waals surface area contributed by atoms with Gasteiger partial charge in [0.15, 0.2) is 11.5 Å². The molecule has 0 fully saturated rings. The lowest BCUT2D eigenvalue weighted by atomic mass is 10.2. The molecule has 0 radical (unpaired) electrons. The molecule has 3 rings (SSSR count). The van der Waals surface area contributed by atoms with Gasteiger partial charge < -0.3 is 9.47 Å². The Morgan fingerprint density at radius 2 is 1.84 bits per heavy atom. The molecule has 0 aliphatic heterocycles. The number of nitro groups is 1. The maximum atomic E-state index is 12.2. The van der Waals surface area contributed by atoms with E-state index >= 15 is 0 Å². The number of ether oxygens (including phenoxy) is 2. The van der Waals surface area contributed by atoms with Crippen molar-refractivity contribution < 1.29 is 19.2 Å². The number of hydrazone groups is 1. The number of nitrogens with zero attached hydrogens (tertiary/aromatic N) is 2. The van der Waals surface area contributed by atoms with Crippen LogP contribution in [0.1, 0.15) is 28.4 Å². The van der Waals surface area contributed by atoms with Gasteiger partial charge in [0.1, 0.15) is 6.61 Å². The van der Waals surface area contributed by atoms with E-state index in [0.717, 1.165) is 5.56 Å². The van der Waals surface area contributed by atoms with Crippen LogP contribution in [-0.2, 0) is 6.61 Å². The van der Waals surface area contributed by atoms with E-state index in [-0.39, 0.29) is 11.3 Å². The SMILES string of the molecule is CCOc1cc(/C=N\NC(=O)c2cccc([N+](=O)[O-])c2)c(Br)cc1OCc1ccccc1. The Kier molecular flexibility index (Phi) is 7.93. The minimum atomic E-state index is -0.562. The van der Waals surface area contributed by atoms with Gasteiger partial charge in [-0.1, -0.05) is 36.4 Å². The van der Waals surface area contributed by atoms with Crippen LogP contribution in [0.4, 0.5) is 5.69 Å². The summed E-state index contributed by atoms with van der Waals surface area (Å²) in [6, 6.07) is 18.7. The van der Waals surface area contributed by atoms with Crippen LogP contribution in [0.2, 0.25) is 0 Å². The molecule has 3 aromatic rings. The normalized spacial score (nSPS) is 10.7. The number of benzene rings is 3. The topological polar surface area (TPSA) is 103 Å². The van der Waals surface area contributed by atoms with Gasteiger partial charge in [-0.25, -0.2) is 5.43 Å². The summed E-state index contributed by atoms with van der Waals surface area (Å²) in [6.45, 7) is 2.71. The second kappa shape index (κ2) is 11.1. The van der Waals surface area contributed by atoms with E-state index in [1.54, 1.807) is 12.1 Å². The first-order valence-corrected chi connectivity index (χ1v) is 10.5. The average Bonchev–Trinajstić information content (AvgIpc) is 2.80. The van der Waals surface area contributed by atoms with Gasteiger partial charge >= 0.3 is 0 Å². The van der Waals surface area contributed by atoms with E-state index in [9.17, 15) is 14.9 Å². The molecule has 0 heterocycles. The molecular formula is C23H20BrN3O5. The Morgan fingerprint density at radius 3 is 2.56 bits per heavy atom. The van der Waals surface area contributed by atoms with Crippen molar-refractivity contribution in [2.75, 3.05) is 6.61 Å². The van der Waals surface area contributed by atoms with Crippen molar-refractivity contribution in [2.24, 2.45) is 5.10 Å². The number of carbonyl (C=O) groups is 1. The van der Waals surface area contributed by atoms with E-state index in [2.05, 4.69) is 26.5 Å². The van der Waals surface area contributed by atoms with Crippen molar-refractivity contribution in [3.05, 3.63) is 98.0 Å². The first-order chi connectivity index (χ1) is 15.5. The molecule has 0 saturated heterocycles. The molecular weight excluding hydrogens is 478 g/mol. The van der Waals surface area contributed by atoms with Gasteiger partial charge in [-0.2, -0.15) is 5.10 Å². The van der Waals surface area contributed by atoms with Crippen LogP contribution in [0, 0.1) is 10.1 Å². The molecule has 32 heavy (non-hydrogen) atoms. The molecule has 3 aromatic carbocycles. The van der Waals surface area contributed by atoms with Crippen molar-refractivity contribution in [2.45, 2.75) is 13.5 Å². The zero-order chi connectivity index (χ0) is 22.9. The first kappa shape index (κ1) is 23.0. The largest absolute Gasteiger partial charge is 0.490 e. The number of hydrogen-bond acceptors (Lipinski definition) is 6. The summed E-state index contributed by atoms with van der Waals surface area (Å²) < 4.78 is 12.3. The molecule has 164 valence electrons. The Hall–Kier alpha value is -3.72. The molecule has 1 N–H and O–H groups in total. The standard InChI is InChI=1S/C23H20BrN3O5/c1-2-31-21-12-18(20(24)13-22(21)32-15-16-7-4-3-5-8-16)14-25-26-23(28)17-9-6-10-19(11-17)27(29)30/h3-14H,2,15H2,1H3,(H,26,28)/b25-14-. The molecule has 0 aromatic heterocycles. The summed E-state index contributed by atoms with van der Waals surface area (Å²) in [7, 11) is 0. The third kappa shape index (κ3) is 6.14. The van der Waals surface area contributed by atoms with Crippen LogP contribution in [0.3, 0.4) is 0 Å². The number of nitrogens with one attached hydrogen (secondary N) is 1. The molecule has 8 nitrogen and oxygen atoms in total. The average molecular weight is 498 g/mol. The molecule has 0 saturated carbocycles. The van der Waals surface area contributed by atoms with Crippen LogP contribution in [0.15, 0.2) is 76.3 Å². The molecule has 0 aliphatic rings. The van der Waals surface area contributed by atoms with Crippen LogP contribution in [0.25, 0.3) is 0 Å². The predicted molar refractivity (Wildman–Crippen MR) is 124 cm³/mol. The van der Waals surface area contributed by atoms with Crippen LogP contribution in [0.5, 0.6) is 11.5 Å². The van der Waals surface area contributed by atoms with Crippen LogP contribution < -0.4 is 14.9 Å². The fourth-order valence-electron chi connectivity index (χ4n) is 2.75. The lowest BCUT2D eigenvalue weighted by Crippen LogP contribution is -2.17. The summed E-state index contributed by atoms with van der Waals surface area (Å²) in [4.78, 5) is 22.5. The summed E-state index contributed by atoms with van der Waals surface area (Å²) in [5, 5.41) is 14.8. The van der Waals surface area contributed by atoms with Gasteiger partial charge in [0.25, 0.3) is 11.6 Å². The molecule has 0 unspecified atom stereocenters. The minimum Gasteiger partial charge on any atom is -0.490 e. The third-order valence-corrected chi connectivity index (χ3v) is 4.98. The van der Waals surface area contributed by atoms with Crippen molar-refractivity contribution in [1.29, 1.82) is 0 Å². The fraction of sp³-hybridized carbons (Fsp3) is 0.130. The number of carbonyl (C=O) groups excluding carboxylic acids is 1. The summed E-state index contributed by atoms with van der Waals surface area (Å²) in [5.41, 5.74) is 4.01. The Bertz CT molecular complexity index is 1140. The van der Waals surface area contributed by atoms with Crippen molar-refractivity contribution >= 4 is 33.7 Å². The highest BCUT2D eigenvalue weighted by Gasteiger charge is 2.12. The van der Waals surface area contributed by atoms with E-state index in [0.29, 0.717) is 34.7 Å². The van der Waals surface area contributed by atoms with Crippen LogP contribution in [-0.4, -0.2) is 23.7 Å². The quantitative estimate of drug-likeness (QED) is 0.251. The molecule has 0 atom stereocenters. The second-order valence-electron chi connectivity index (χ2n) is 6.53. The van der Waals surface area contributed by atoms with E-state index in [1.807, 2.05) is 37.3 Å². The highest BCUT2D eigenvalue weighted by Crippen LogP contribution is 2.33. The number of hydrogen-bond donors (Lipinski definition) is 1. The van der Waals surface area contributed by atoms with Gasteiger partial charge in [0.05, 0.1) is 17.7 Å². The van der Waals surface area contributed by atoms with Gasteiger partial charge in [-0.15, -0.1) is 0 Å². The molecule has 0 bridgehead atoms. The number of non-ortho nitro benzene ring substituents is 1. The Morgan fingerprint density at radius 1 is 1.09 bits per heavy atom. The van der Waals surface area contributed by atoms with E-state index in [1.165, 1.54) is 30.5 Å². The number of amides is 1. The summed E-state index contributed by atoms with van der Waals surface area (Å²) in [5.74, 6) is 0.548. The van der Waals surface area contributed by atoms with Crippen molar-refractivity contribution in [3.63, 3.8) is 0 Å². The van der Waals surface area contributed by atoms with Crippen molar-refractivity contribution in [1.82, 2.24) is 5.43 Å². The lowest BCUT2D eigenvalue weighted by molar-refractivity contribution is -0.384. The van der Waals surface area contributed by atoms with Crippen LogP contribution >= 0.6 is 15.9 Å². The van der Waals surface area contributed by atoms with Gasteiger partial charge in [0, 0.05) is 27.7 Å². The van der Waals surface area contributed by atoms with Gasteiger partial charge in [-0.3, -0.25) is 14.9 Å². The third-order valence-electron chi connectivity index (χ3n) is 4.29.